The van der Waals surface area contributed by atoms with E-state index in [1.165, 1.54) is 0 Å². The average Bonchev–Trinajstić information content (AvgIpc) is 2.63. The second-order valence-corrected chi connectivity index (χ2v) is 7.13. The minimum Gasteiger partial charge on any atom is -0.606 e. The van der Waals surface area contributed by atoms with Crippen LogP contribution >= 0.6 is 0 Å². The standard InChI is InChI=1S/C20H17NO2S/c1-14-11-12-15(18(13-14)23-2)21-16-7-3-5-9-19(16)24(22)20-10-6-4-8-17(20)21/h3-13H,1-2H3. The van der Waals surface area contributed by atoms with Gasteiger partial charge in [0.15, 0.2) is 9.79 Å². The van der Waals surface area contributed by atoms with E-state index in [9.17, 15) is 4.55 Å². The molecule has 3 aromatic carbocycles. The summed E-state index contributed by atoms with van der Waals surface area (Å²) in [6, 6.07) is 21.8. The van der Waals surface area contributed by atoms with Gasteiger partial charge in [-0.2, -0.15) is 0 Å². The van der Waals surface area contributed by atoms with E-state index >= 15 is 0 Å². The molecule has 0 saturated carbocycles. The number of rotatable bonds is 2. The molecule has 120 valence electrons. The van der Waals surface area contributed by atoms with Gasteiger partial charge in [-0.3, -0.25) is 4.90 Å². The molecule has 1 aliphatic rings. The van der Waals surface area contributed by atoms with Crippen molar-refractivity contribution < 1.29 is 9.29 Å². The summed E-state index contributed by atoms with van der Waals surface area (Å²) in [5, 5.41) is 0. The largest absolute Gasteiger partial charge is 0.606 e. The van der Waals surface area contributed by atoms with E-state index in [0.29, 0.717) is 0 Å². The number of hydrogen-bond acceptors (Lipinski definition) is 3. The summed E-state index contributed by atoms with van der Waals surface area (Å²) in [6.07, 6.45) is 0. The highest BCUT2D eigenvalue weighted by molar-refractivity contribution is 7.92. The molecule has 24 heavy (non-hydrogen) atoms. The Labute approximate surface area is 144 Å². The Balaban J connectivity index is 2.01. The lowest BCUT2D eigenvalue weighted by Gasteiger charge is -2.33. The van der Waals surface area contributed by atoms with Crippen molar-refractivity contribution in [1.82, 2.24) is 0 Å². The first-order valence-electron chi connectivity index (χ1n) is 7.75. The van der Waals surface area contributed by atoms with E-state index in [-0.39, 0.29) is 0 Å². The van der Waals surface area contributed by atoms with Crippen molar-refractivity contribution in [1.29, 1.82) is 0 Å². The van der Waals surface area contributed by atoms with Crippen LogP contribution in [0.25, 0.3) is 0 Å². The van der Waals surface area contributed by atoms with Crippen LogP contribution < -0.4 is 9.64 Å². The van der Waals surface area contributed by atoms with Crippen molar-refractivity contribution in [2.75, 3.05) is 12.0 Å². The monoisotopic (exact) mass is 335 g/mol. The second-order valence-electron chi connectivity index (χ2n) is 5.71. The third-order valence-corrected chi connectivity index (χ3v) is 5.68. The number of ether oxygens (including phenoxy) is 1. The molecular weight excluding hydrogens is 318 g/mol. The maximum atomic E-state index is 12.9. The van der Waals surface area contributed by atoms with Crippen molar-refractivity contribution in [3.05, 3.63) is 72.3 Å². The minimum atomic E-state index is -1.18. The predicted molar refractivity (Wildman–Crippen MR) is 97.1 cm³/mol. The van der Waals surface area contributed by atoms with Gasteiger partial charge >= 0.3 is 0 Å². The highest BCUT2D eigenvalue weighted by Gasteiger charge is 2.35. The molecule has 4 rings (SSSR count). The Morgan fingerprint density at radius 2 is 1.42 bits per heavy atom. The number of nitrogens with zero attached hydrogens (tertiary/aromatic N) is 1. The number of hydrogen-bond donors (Lipinski definition) is 0. The van der Waals surface area contributed by atoms with Gasteiger partial charge in [-0.25, -0.2) is 0 Å². The van der Waals surface area contributed by atoms with Crippen LogP contribution in [0.4, 0.5) is 17.1 Å². The summed E-state index contributed by atoms with van der Waals surface area (Å²) in [7, 11) is 1.68. The van der Waals surface area contributed by atoms with Crippen LogP contribution in [-0.2, 0) is 11.2 Å². The Morgan fingerprint density at radius 3 is 2.00 bits per heavy atom. The fraction of sp³-hybridized carbons (Fsp3) is 0.100. The second kappa shape index (κ2) is 5.89. The van der Waals surface area contributed by atoms with Gasteiger partial charge in [-0.1, -0.05) is 30.3 Å². The quantitative estimate of drug-likeness (QED) is 0.621. The normalized spacial score (nSPS) is 13.4. The fourth-order valence-electron chi connectivity index (χ4n) is 3.07. The summed E-state index contributed by atoms with van der Waals surface area (Å²) >= 11 is -1.18. The van der Waals surface area contributed by atoms with Crippen LogP contribution in [0, 0.1) is 6.92 Å². The summed E-state index contributed by atoms with van der Waals surface area (Å²) < 4.78 is 18.6. The number of para-hydroxylation sites is 2. The lowest BCUT2D eigenvalue weighted by molar-refractivity contribution is 0.415. The summed E-state index contributed by atoms with van der Waals surface area (Å²) in [5.41, 5.74) is 3.94. The molecule has 1 aliphatic heterocycles. The summed E-state index contributed by atoms with van der Waals surface area (Å²) in [6.45, 7) is 2.04. The van der Waals surface area contributed by atoms with Gasteiger partial charge in [-0.15, -0.1) is 0 Å². The van der Waals surface area contributed by atoms with E-state index in [1.807, 2.05) is 61.5 Å². The van der Waals surface area contributed by atoms with Gasteiger partial charge in [0.2, 0.25) is 0 Å². The molecule has 0 spiro atoms. The minimum absolute atomic E-state index is 0.798. The lowest BCUT2D eigenvalue weighted by atomic mass is 10.1. The smallest absolute Gasteiger partial charge is 0.182 e. The van der Waals surface area contributed by atoms with E-state index in [0.717, 1.165) is 38.2 Å². The maximum Gasteiger partial charge on any atom is 0.182 e. The molecule has 1 heterocycles. The number of benzene rings is 3. The Kier molecular flexibility index (Phi) is 3.71. The van der Waals surface area contributed by atoms with Crippen LogP contribution in [0.5, 0.6) is 5.75 Å². The van der Waals surface area contributed by atoms with Crippen molar-refractivity contribution in [3.63, 3.8) is 0 Å². The SMILES string of the molecule is COc1cc(C)ccc1N1c2ccccc2[S+]([O-])c2ccccc21. The summed E-state index contributed by atoms with van der Waals surface area (Å²) in [4.78, 5) is 3.77. The van der Waals surface area contributed by atoms with Gasteiger partial charge in [0.25, 0.3) is 0 Å². The molecule has 0 radical (unpaired) electrons. The maximum absolute atomic E-state index is 12.9. The van der Waals surface area contributed by atoms with Crippen LogP contribution in [-0.4, -0.2) is 11.7 Å². The number of methoxy groups -OCH3 is 1. The summed E-state index contributed by atoms with van der Waals surface area (Å²) in [5.74, 6) is 0.798. The van der Waals surface area contributed by atoms with Crippen molar-refractivity contribution >= 4 is 28.2 Å². The molecular formula is C20H17NO2S. The predicted octanol–water partition coefficient (Wildman–Crippen LogP) is 4.95. The van der Waals surface area contributed by atoms with Gasteiger partial charge < -0.3 is 9.29 Å². The van der Waals surface area contributed by atoms with Crippen LogP contribution in [0.3, 0.4) is 0 Å². The highest BCUT2D eigenvalue weighted by atomic mass is 32.2. The van der Waals surface area contributed by atoms with E-state index < -0.39 is 11.2 Å². The van der Waals surface area contributed by atoms with E-state index in [2.05, 4.69) is 17.0 Å². The van der Waals surface area contributed by atoms with Crippen LogP contribution in [0.15, 0.2) is 76.5 Å². The highest BCUT2D eigenvalue weighted by Crippen LogP contribution is 2.49. The molecule has 0 atom stereocenters. The van der Waals surface area contributed by atoms with Gasteiger partial charge in [0, 0.05) is 11.2 Å². The molecule has 0 fully saturated rings. The van der Waals surface area contributed by atoms with Crippen LogP contribution in [0.1, 0.15) is 5.56 Å². The van der Waals surface area contributed by atoms with Crippen LogP contribution in [0.2, 0.25) is 0 Å². The van der Waals surface area contributed by atoms with Crippen molar-refractivity contribution in [2.24, 2.45) is 0 Å². The molecule has 0 N–H and O–H groups in total. The molecule has 0 amide bonds. The first kappa shape index (κ1) is 15.1. The molecule has 0 aromatic heterocycles. The molecule has 0 unspecified atom stereocenters. The first-order valence-corrected chi connectivity index (χ1v) is 8.90. The molecule has 3 aromatic rings. The lowest BCUT2D eigenvalue weighted by Crippen LogP contribution is -2.22. The molecule has 3 nitrogen and oxygen atoms in total. The molecule has 0 bridgehead atoms. The zero-order valence-corrected chi connectivity index (χ0v) is 14.3. The number of anilines is 3. The van der Waals surface area contributed by atoms with E-state index in [4.69, 9.17) is 4.74 Å². The molecule has 4 heteroatoms. The Morgan fingerprint density at radius 1 is 0.833 bits per heavy atom. The third kappa shape index (κ3) is 2.27. The first-order chi connectivity index (χ1) is 11.7. The Bertz CT molecular complexity index is 862. The molecule has 0 saturated heterocycles. The molecule has 0 aliphatic carbocycles. The van der Waals surface area contributed by atoms with Gasteiger partial charge in [-0.05, 0) is 48.9 Å². The fourth-order valence-corrected chi connectivity index (χ4v) is 4.41. The average molecular weight is 335 g/mol. The number of fused-ring (bicyclic) bond motifs is 2. The van der Waals surface area contributed by atoms with Gasteiger partial charge in [0.1, 0.15) is 17.1 Å². The van der Waals surface area contributed by atoms with E-state index in [1.54, 1.807) is 7.11 Å². The zero-order valence-electron chi connectivity index (χ0n) is 13.5. The van der Waals surface area contributed by atoms with Crippen molar-refractivity contribution in [2.45, 2.75) is 16.7 Å². The zero-order chi connectivity index (χ0) is 16.7. The van der Waals surface area contributed by atoms with Crippen molar-refractivity contribution in [3.8, 4) is 5.75 Å². The topological polar surface area (TPSA) is 35.5 Å². The van der Waals surface area contributed by atoms with Gasteiger partial charge in [0.05, 0.1) is 12.8 Å². The number of aryl methyl sites for hydroxylation is 1. The Hall–Kier alpha value is -2.43. The third-order valence-electron chi connectivity index (χ3n) is 4.19.